The zero-order valence-electron chi connectivity index (χ0n) is 17.0. The van der Waals surface area contributed by atoms with Crippen LogP contribution in [-0.4, -0.2) is 18.8 Å². The highest BCUT2D eigenvalue weighted by Crippen LogP contribution is 2.48. The second-order valence-corrected chi connectivity index (χ2v) is 14.2. The fraction of sp³-hybridized carbons (Fsp3) is 0.905. The van der Waals surface area contributed by atoms with Crippen LogP contribution in [0.5, 0.6) is 0 Å². The first-order valence-electron chi connectivity index (χ1n) is 10.1. The number of rotatable bonds is 7. The molecular formula is C21H42OSi. The Morgan fingerprint density at radius 1 is 1.00 bits per heavy atom. The molecule has 1 saturated carbocycles. The minimum Gasteiger partial charge on any atom is -0.389 e. The lowest BCUT2D eigenvalue weighted by atomic mass is 9.63. The normalized spacial score (nSPS) is 21.3. The molecule has 23 heavy (non-hydrogen) atoms. The van der Waals surface area contributed by atoms with Crippen LogP contribution < -0.4 is 0 Å². The Morgan fingerprint density at radius 2 is 1.48 bits per heavy atom. The molecule has 0 heterocycles. The number of hydrogen-bond acceptors (Lipinski definition) is 1. The molecule has 0 amide bonds. The van der Waals surface area contributed by atoms with Gasteiger partial charge in [-0.05, 0) is 37.5 Å². The van der Waals surface area contributed by atoms with E-state index in [0.29, 0.717) is 5.92 Å². The fourth-order valence-corrected chi connectivity index (χ4v) is 9.04. The molecule has 1 rings (SSSR count). The molecule has 0 radical (unpaired) electrons. The molecule has 1 atom stereocenters. The van der Waals surface area contributed by atoms with Gasteiger partial charge < -0.3 is 5.11 Å². The summed E-state index contributed by atoms with van der Waals surface area (Å²) >= 11 is 0. The van der Waals surface area contributed by atoms with Crippen LogP contribution in [0.15, 0.2) is 11.3 Å². The van der Waals surface area contributed by atoms with Gasteiger partial charge in [0.2, 0.25) is 0 Å². The molecular weight excluding hydrogens is 296 g/mol. The smallest absolute Gasteiger partial charge is 0.0804 e. The summed E-state index contributed by atoms with van der Waals surface area (Å²) in [4.78, 5) is 0. The van der Waals surface area contributed by atoms with Crippen molar-refractivity contribution in [3.05, 3.63) is 11.3 Å². The van der Waals surface area contributed by atoms with Crippen molar-refractivity contribution in [2.24, 2.45) is 11.3 Å². The van der Waals surface area contributed by atoms with Crippen molar-refractivity contribution >= 4 is 8.07 Å². The first-order valence-corrected chi connectivity index (χ1v) is 12.7. The first kappa shape index (κ1) is 21.0. The molecule has 0 spiro atoms. The van der Waals surface area contributed by atoms with Crippen molar-refractivity contribution in [1.29, 1.82) is 0 Å². The zero-order chi connectivity index (χ0) is 17.7. The van der Waals surface area contributed by atoms with Crippen LogP contribution in [0.3, 0.4) is 0 Å². The van der Waals surface area contributed by atoms with Gasteiger partial charge in [0.1, 0.15) is 0 Å². The second-order valence-electron chi connectivity index (χ2n) is 8.84. The van der Waals surface area contributed by atoms with E-state index >= 15 is 0 Å². The van der Waals surface area contributed by atoms with Crippen molar-refractivity contribution in [3.63, 3.8) is 0 Å². The minimum atomic E-state index is -1.40. The molecule has 1 aliphatic rings. The van der Waals surface area contributed by atoms with Gasteiger partial charge in [0, 0.05) is 0 Å². The lowest BCUT2D eigenvalue weighted by molar-refractivity contribution is -0.113. The summed E-state index contributed by atoms with van der Waals surface area (Å²) < 4.78 is 0. The van der Waals surface area contributed by atoms with Gasteiger partial charge in [-0.2, -0.15) is 0 Å². The third-order valence-corrected chi connectivity index (χ3v) is 13.0. The molecule has 0 aromatic rings. The summed E-state index contributed by atoms with van der Waals surface area (Å²) in [5, 5.41) is 13.5. The molecule has 1 nitrogen and oxygen atoms in total. The maximum atomic E-state index is 11.9. The minimum absolute atomic E-state index is 0.0569. The Balaban J connectivity index is 3.18. The zero-order valence-corrected chi connectivity index (χ0v) is 18.0. The largest absolute Gasteiger partial charge is 0.389 e. The molecule has 136 valence electrons. The standard InChI is InChI=1S/C21H42OSi/c1-8-19(23(9-2,10-3)11-4)17-21(22,20(5,6)7)18-15-13-12-14-16-18/h8,18,22H,9-17H2,1-7H3/b19-8+. The lowest BCUT2D eigenvalue weighted by Gasteiger charge is -2.50. The molecule has 0 saturated heterocycles. The van der Waals surface area contributed by atoms with Crippen LogP contribution in [-0.2, 0) is 0 Å². The molecule has 1 aliphatic carbocycles. The summed E-state index contributed by atoms with van der Waals surface area (Å²) in [5.41, 5.74) is -0.606. The summed E-state index contributed by atoms with van der Waals surface area (Å²) in [6.45, 7) is 16.1. The average molecular weight is 339 g/mol. The fourth-order valence-electron chi connectivity index (χ4n) is 4.92. The Labute approximate surface area is 147 Å². The predicted octanol–water partition coefficient (Wildman–Crippen LogP) is 6.73. The van der Waals surface area contributed by atoms with Gasteiger partial charge >= 0.3 is 0 Å². The molecule has 1 unspecified atom stereocenters. The van der Waals surface area contributed by atoms with E-state index in [-0.39, 0.29) is 5.41 Å². The van der Waals surface area contributed by atoms with Crippen LogP contribution >= 0.6 is 0 Å². The van der Waals surface area contributed by atoms with Gasteiger partial charge in [-0.3, -0.25) is 0 Å². The summed E-state index contributed by atoms with van der Waals surface area (Å²) in [5.74, 6) is 0.475. The van der Waals surface area contributed by atoms with E-state index in [0.717, 1.165) is 6.42 Å². The van der Waals surface area contributed by atoms with E-state index in [1.54, 1.807) is 5.20 Å². The maximum absolute atomic E-state index is 11.9. The molecule has 2 heteroatoms. The molecule has 0 aromatic heterocycles. The average Bonchev–Trinajstić information content (AvgIpc) is 2.55. The Morgan fingerprint density at radius 3 is 1.83 bits per heavy atom. The molecule has 0 aliphatic heterocycles. The van der Waals surface area contributed by atoms with Gasteiger partial charge in [-0.25, -0.2) is 0 Å². The Hall–Kier alpha value is -0.0831. The van der Waals surface area contributed by atoms with Gasteiger partial charge in [0.25, 0.3) is 0 Å². The topological polar surface area (TPSA) is 20.2 Å². The van der Waals surface area contributed by atoms with Crippen LogP contribution in [0, 0.1) is 11.3 Å². The van der Waals surface area contributed by atoms with Crippen LogP contribution in [0.1, 0.15) is 87.0 Å². The van der Waals surface area contributed by atoms with Crippen molar-refractivity contribution in [3.8, 4) is 0 Å². The van der Waals surface area contributed by atoms with Crippen molar-refractivity contribution in [2.75, 3.05) is 0 Å². The second kappa shape index (κ2) is 8.34. The molecule has 0 bridgehead atoms. The lowest BCUT2D eigenvalue weighted by Crippen LogP contribution is -2.52. The summed E-state index contributed by atoms with van der Waals surface area (Å²) in [7, 11) is -1.40. The van der Waals surface area contributed by atoms with Gasteiger partial charge in [-0.1, -0.05) is 90.2 Å². The maximum Gasteiger partial charge on any atom is 0.0804 e. The number of allylic oxidation sites excluding steroid dienone is 1. The number of hydrogen-bond donors (Lipinski definition) is 1. The van der Waals surface area contributed by atoms with Gasteiger partial charge in [0.15, 0.2) is 0 Å². The predicted molar refractivity (Wildman–Crippen MR) is 107 cm³/mol. The van der Waals surface area contributed by atoms with Crippen molar-refractivity contribution in [2.45, 2.75) is 111 Å². The molecule has 1 fully saturated rings. The van der Waals surface area contributed by atoms with Crippen LogP contribution in [0.4, 0.5) is 0 Å². The van der Waals surface area contributed by atoms with Gasteiger partial charge in [-0.15, -0.1) is 0 Å². The van der Waals surface area contributed by atoms with E-state index in [4.69, 9.17) is 0 Å². The van der Waals surface area contributed by atoms with E-state index in [1.165, 1.54) is 50.2 Å². The first-order chi connectivity index (χ1) is 10.7. The summed E-state index contributed by atoms with van der Waals surface area (Å²) in [6.07, 6.45) is 9.66. The highest BCUT2D eigenvalue weighted by molar-refractivity contribution is 6.86. The van der Waals surface area contributed by atoms with Crippen molar-refractivity contribution < 1.29 is 5.11 Å². The van der Waals surface area contributed by atoms with Gasteiger partial charge in [0.05, 0.1) is 13.7 Å². The summed E-state index contributed by atoms with van der Waals surface area (Å²) in [6, 6.07) is 3.93. The molecule has 1 N–H and O–H groups in total. The van der Waals surface area contributed by atoms with Crippen LogP contribution in [0.25, 0.3) is 0 Å². The van der Waals surface area contributed by atoms with Crippen LogP contribution in [0.2, 0.25) is 18.1 Å². The SMILES string of the molecule is C/C=C(\CC(O)(C1CCCCC1)C(C)(C)C)[Si](CC)(CC)CC. The third-order valence-electron chi connectivity index (χ3n) is 7.10. The third kappa shape index (κ3) is 4.31. The van der Waals surface area contributed by atoms with E-state index in [9.17, 15) is 5.11 Å². The molecule has 0 aromatic carbocycles. The van der Waals surface area contributed by atoms with Crippen molar-refractivity contribution in [1.82, 2.24) is 0 Å². The van der Waals surface area contributed by atoms with E-state index in [1.807, 2.05) is 0 Å². The Bertz CT molecular complexity index is 375. The highest BCUT2D eigenvalue weighted by Gasteiger charge is 2.48. The quantitative estimate of drug-likeness (QED) is 0.510. The highest BCUT2D eigenvalue weighted by atomic mass is 28.3. The Kier molecular flexibility index (Phi) is 7.60. The van der Waals surface area contributed by atoms with E-state index < -0.39 is 13.7 Å². The monoisotopic (exact) mass is 338 g/mol. The van der Waals surface area contributed by atoms with E-state index in [2.05, 4.69) is 54.5 Å². The number of aliphatic hydroxyl groups is 1.